The Balaban J connectivity index is 3.05. The fourth-order valence-corrected chi connectivity index (χ4v) is 1.71. The van der Waals surface area contributed by atoms with Crippen molar-refractivity contribution in [1.82, 2.24) is 0 Å². The van der Waals surface area contributed by atoms with Crippen LogP contribution >= 0.6 is 0 Å². The SMILES string of the molecule is CCc1ccc(OC)c(O)c1CCCN. The summed E-state index contributed by atoms with van der Waals surface area (Å²) in [6.07, 6.45) is 2.61. The topological polar surface area (TPSA) is 55.5 Å². The Morgan fingerprint density at radius 1 is 1.40 bits per heavy atom. The van der Waals surface area contributed by atoms with Crippen molar-refractivity contribution >= 4 is 0 Å². The van der Waals surface area contributed by atoms with E-state index in [1.807, 2.05) is 6.07 Å². The smallest absolute Gasteiger partial charge is 0.161 e. The van der Waals surface area contributed by atoms with Crippen LogP contribution in [-0.2, 0) is 12.8 Å². The summed E-state index contributed by atoms with van der Waals surface area (Å²) in [6, 6.07) is 3.81. The van der Waals surface area contributed by atoms with Crippen LogP contribution in [0.5, 0.6) is 11.5 Å². The highest BCUT2D eigenvalue weighted by Crippen LogP contribution is 2.33. The zero-order valence-electron chi connectivity index (χ0n) is 9.42. The third kappa shape index (κ3) is 2.63. The van der Waals surface area contributed by atoms with Gasteiger partial charge in [0.15, 0.2) is 11.5 Å². The lowest BCUT2D eigenvalue weighted by Gasteiger charge is -2.12. The van der Waals surface area contributed by atoms with Gasteiger partial charge in [0, 0.05) is 5.56 Å². The quantitative estimate of drug-likeness (QED) is 0.778. The van der Waals surface area contributed by atoms with Gasteiger partial charge in [0.1, 0.15) is 0 Å². The number of methoxy groups -OCH3 is 1. The van der Waals surface area contributed by atoms with Crippen molar-refractivity contribution in [2.75, 3.05) is 13.7 Å². The van der Waals surface area contributed by atoms with Crippen molar-refractivity contribution in [3.05, 3.63) is 23.3 Å². The van der Waals surface area contributed by atoms with Gasteiger partial charge in [-0.2, -0.15) is 0 Å². The van der Waals surface area contributed by atoms with Gasteiger partial charge in [-0.1, -0.05) is 13.0 Å². The minimum atomic E-state index is 0.269. The molecule has 15 heavy (non-hydrogen) atoms. The molecule has 0 amide bonds. The molecule has 1 rings (SSSR count). The van der Waals surface area contributed by atoms with E-state index in [0.29, 0.717) is 12.3 Å². The number of benzene rings is 1. The monoisotopic (exact) mass is 209 g/mol. The number of hydrogen-bond acceptors (Lipinski definition) is 3. The van der Waals surface area contributed by atoms with E-state index in [2.05, 4.69) is 6.92 Å². The molecule has 0 unspecified atom stereocenters. The average molecular weight is 209 g/mol. The summed E-state index contributed by atoms with van der Waals surface area (Å²) < 4.78 is 5.08. The lowest BCUT2D eigenvalue weighted by molar-refractivity contribution is 0.370. The van der Waals surface area contributed by atoms with E-state index in [0.717, 1.165) is 24.8 Å². The first kappa shape index (κ1) is 11.9. The molecular formula is C12H19NO2. The maximum absolute atomic E-state index is 9.96. The van der Waals surface area contributed by atoms with Crippen LogP contribution in [0.3, 0.4) is 0 Å². The third-order valence-corrected chi connectivity index (χ3v) is 2.57. The van der Waals surface area contributed by atoms with E-state index in [-0.39, 0.29) is 5.75 Å². The predicted octanol–water partition coefficient (Wildman–Crippen LogP) is 1.85. The van der Waals surface area contributed by atoms with Gasteiger partial charge in [-0.3, -0.25) is 0 Å². The standard InChI is InChI=1S/C12H19NO2/c1-3-9-6-7-11(15-2)12(14)10(9)5-4-8-13/h6-7,14H,3-5,8,13H2,1-2H3. The molecule has 0 bridgehead atoms. The molecule has 0 spiro atoms. The number of aryl methyl sites for hydroxylation is 1. The average Bonchev–Trinajstić information content (AvgIpc) is 2.27. The summed E-state index contributed by atoms with van der Waals surface area (Å²) in [5.41, 5.74) is 7.62. The van der Waals surface area contributed by atoms with Crippen molar-refractivity contribution in [3.63, 3.8) is 0 Å². The zero-order chi connectivity index (χ0) is 11.3. The summed E-state index contributed by atoms with van der Waals surface area (Å²) in [5, 5.41) is 9.96. The molecule has 0 heterocycles. The highest BCUT2D eigenvalue weighted by Gasteiger charge is 2.11. The molecule has 0 aliphatic carbocycles. The van der Waals surface area contributed by atoms with Crippen molar-refractivity contribution < 1.29 is 9.84 Å². The predicted molar refractivity (Wildman–Crippen MR) is 61.4 cm³/mol. The fourth-order valence-electron chi connectivity index (χ4n) is 1.71. The highest BCUT2D eigenvalue weighted by molar-refractivity contribution is 5.49. The second-order valence-electron chi connectivity index (χ2n) is 3.50. The van der Waals surface area contributed by atoms with E-state index in [1.54, 1.807) is 13.2 Å². The minimum Gasteiger partial charge on any atom is -0.504 e. The Kier molecular flexibility index (Phi) is 4.43. The molecule has 0 fully saturated rings. The molecule has 3 N–H and O–H groups in total. The van der Waals surface area contributed by atoms with Crippen LogP contribution in [0.25, 0.3) is 0 Å². The van der Waals surface area contributed by atoms with E-state index < -0.39 is 0 Å². The first-order valence-electron chi connectivity index (χ1n) is 5.32. The van der Waals surface area contributed by atoms with E-state index >= 15 is 0 Å². The second-order valence-corrected chi connectivity index (χ2v) is 3.50. The Hall–Kier alpha value is -1.22. The number of phenolic OH excluding ortho intramolecular Hbond substituents is 1. The van der Waals surface area contributed by atoms with E-state index in [4.69, 9.17) is 10.5 Å². The van der Waals surface area contributed by atoms with Crippen LogP contribution in [0.1, 0.15) is 24.5 Å². The Morgan fingerprint density at radius 2 is 2.13 bits per heavy atom. The van der Waals surface area contributed by atoms with Crippen LogP contribution in [0.4, 0.5) is 0 Å². The van der Waals surface area contributed by atoms with Gasteiger partial charge in [0.25, 0.3) is 0 Å². The lowest BCUT2D eigenvalue weighted by Crippen LogP contribution is -2.03. The Bertz CT molecular complexity index is 324. The molecule has 0 atom stereocenters. The van der Waals surface area contributed by atoms with Gasteiger partial charge in [0.05, 0.1) is 7.11 Å². The fraction of sp³-hybridized carbons (Fsp3) is 0.500. The van der Waals surface area contributed by atoms with Gasteiger partial charge in [-0.15, -0.1) is 0 Å². The van der Waals surface area contributed by atoms with Gasteiger partial charge in [0.2, 0.25) is 0 Å². The van der Waals surface area contributed by atoms with Crippen molar-refractivity contribution in [1.29, 1.82) is 0 Å². The molecule has 0 saturated carbocycles. The molecular weight excluding hydrogens is 190 g/mol. The summed E-state index contributed by atoms with van der Waals surface area (Å²) in [6.45, 7) is 2.72. The molecule has 0 aromatic heterocycles. The van der Waals surface area contributed by atoms with Crippen molar-refractivity contribution in [2.45, 2.75) is 26.2 Å². The first-order chi connectivity index (χ1) is 7.24. The number of rotatable bonds is 5. The highest BCUT2D eigenvalue weighted by atomic mass is 16.5. The van der Waals surface area contributed by atoms with E-state index in [1.165, 1.54) is 5.56 Å². The van der Waals surface area contributed by atoms with Crippen LogP contribution in [0.15, 0.2) is 12.1 Å². The van der Waals surface area contributed by atoms with Crippen molar-refractivity contribution in [2.24, 2.45) is 5.73 Å². The molecule has 0 aliphatic rings. The maximum atomic E-state index is 9.96. The molecule has 3 nitrogen and oxygen atoms in total. The zero-order valence-corrected chi connectivity index (χ0v) is 9.42. The molecule has 0 aliphatic heterocycles. The molecule has 3 heteroatoms. The van der Waals surface area contributed by atoms with Crippen LogP contribution in [-0.4, -0.2) is 18.8 Å². The first-order valence-corrected chi connectivity index (χ1v) is 5.32. The molecule has 84 valence electrons. The molecule has 1 aromatic carbocycles. The minimum absolute atomic E-state index is 0.269. The maximum Gasteiger partial charge on any atom is 0.161 e. The van der Waals surface area contributed by atoms with Crippen molar-refractivity contribution in [3.8, 4) is 11.5 Å². The second kappa shape index (κ2) is 5.61. The van der Waals surface area contributed by atoms with Gasteiger partial charge < -0.3 is 15.6 Å². The number of phenols is 1. The number of hydrogen-bond donors (Lipinski definition) is 2. The summed E-state index contributed by atoms with van der Waals surface area (Å²) in [4.78, 5) is 0. The molecule has 0 saturated heterocycles. The summed E-state index contributed by atoms with van der Waals surface area (Å²) in [7, 11) is 1.56. The lowest BCUT2D eigenvalue weighted by atomic mass is 9.99. The Morgan fingerprint density at radius 3 is 2.67 bits per heavy atom. The van der Waals surface area contributed by atoms with Crippen LogP contribution in [0.2, 0.25) is 0 Å². The van der Waals surface area contributed by atoms with Crippen LogP contribution in [0, 0.1) is 0 Å². The molecule has 1 aromatic rings. The van der Waals surface area contributed by atoms with E-state index in [9.17, 15) is 5.11 Å². The largest absolute Gasteiger partial charge is 0.504 e. The van der Waals surface area contributed by atoms with Gasteiger partial charge >= 0.3 is 0 Å². The third-order valence-electron chi connectivity index (χ3n) is 2.57. The summed E-state index contributed by atoms with van der Waals surface area (Å²) >= 11 is 0. The van der Waals surface area contributed by atoms with Crippen LogP contribution < -0.4 is 10.5 Å². The van der Waals surface area contributed by atoms with Gasteiger partial charge in [-0.05, 0) is 37.4 Å². The Labute approximate surface area is 90.9 Å². The number of ether oxygens (including phenoxy) is 1. The number of aromatic hydroxyl groups is 1. The molecule has 0 radical (unpaired) electrons. The normalized spacial score (nSPS) is 10.3. The van der Waals surface area contributed by atoms with Gasteiger partial charge in [-0.25, -0.2) is 0 Å². The number of nitrogens with two attached hydrogens (primary N) is 1. The summed E-state index contributed by atoms with van der Waals surface area (Å²) in [5.74, 6) is 0.810.